The Balaban J connectivity index is 1.53. The summed E-state index contributed by atoms with van der Waals surface area (Å²) in [6.45, 7) is 8.78. The Morgan fingerprint density at radius 2 is 1.74 bits per heavy atom. The van der Waals surface area contributed by atoms with Crippen LogP contribution in [0.2, 0.25) is 0 Å². The highest BCUT2D eigenvalue weighted by atomic mass is 19.4. The molecule has 3 saturated carbocycles. The first-order valence-corrected chi connectivity index (χ1v) is 12.1. The Labute approximate surface area is 185 Å². The Morgan fingerprint density at radius 3 is 2.42 bits per heavy atom. The molecular formula is C26H39F3O2. The second kappa shape index (κ2) is 7.62. The van der Waals surface area contributed by atoms with Crippen molar-refractivity contribution in [3.63, 3.8) is 0 Å². The lowest BCUT2D eigenvalue weighted by Crippen LogP contribution is -2.52. The number of aliphatic hydroxyl groups excluding tert-OH is 1. The molecule has 0 radical (unpaired) electrons. The fourth-order valence-electron chi connectivity index (χ4n) is 8.23. The van der Waals surface area contributed by atoms with Crippen LogP contribution in [0.25, 0.3) is 0 Å². The number of alkyl halides is 3. The van der Waals surface area contributed by atoms with Gasteiger partial charge in [-0.05, 0) is 98.7 Å². The van der Waals surface area contributed by atoms with E-state index in [0.717, 1.165) is 51.0 Å². The molecule has 4 rings (SSSR count). The minimum atomic E-state index is -4.59. The van der Waals surface area contributed by atoms with E-state index < -0.39 is 17.9 Å². The van der Waals surface area contributed by atoms with E-state index in [1.54, 1.807) is 6.08 Å². The van der Waals surface area contributed by atoms with E-state index in [4.69, 9.17) is 0 Å². The van der Waals surface area contributed by atoms with Crippen molar-refractivity contribution in [2.24, 2.45) is 40.4 Å². The lowest BCUT2D eigenvalue weighted by molar-refractivity contribution is -0.187. The molecule has 0 aromatic rings. The number of rotatable bonds is 3. The lowest BCUT2D eigenvalue weighted by atomic mass is 9.46. The summed E-state index contributed by atoms with van der Waals surface area (Å²) in [5, 5.41) is 20.0. The van der Waals surface area contributed by atoms with Gasteiger partial charge in [0, 0.05) is 0 Å². The summed E-state index contributed by atoms with van der Waals surface area (Å²) in [6.07, 6.45) is 6.29. The van der Waals surface area contributed by atoms with E-state index >= 15 is 0 Å². The van der Waals surface area contributed by atoms with Crippen molar-refractivity contribution in [1.29, 1.82) is 0 Å². The molecule has 2 nitrogen and oxygen atoms in total. The maximum absolute atomic E-state index is 12.7. The minimum absolute atomic E-state index is 0.0265. The molecule has 0 aromatic carbocycles. The van der Waals surface area contributed by atoms with E-state index in [0.29, 0.717) is 23.7 Å². The van der Waals surface area contributed by atoms with Gasteiger partial charge in [0.2, 0.25) is 0 Å². The molecule has 5 heteroatoms. The molecule has 31 heavy (non-hydrogen) atoms. The monoisotopic (exact) mass is 440 g/mol. The molecule has 0 amide bonds. The molecule has 4 aliphatic rings. The van der Waals surface area contributed by atoms with Crippen LogP contribution in [-0.2, 0) is 0 Å². The quantitative estimate of drug-likeness (QED) is 0.496. The number of aliphatic hydroxyl groups is 2. The van der Waals surface area contributed by atoms with Gasteiger partial charge in [0.1, 0.15) is 0 Å². The van der Waals surface area contributed by atoms with E-state index in [2.05, 4.69) is 19.9 Å². The molecule has 1 unspecified atom stereocenters. The van der Waals surface area contributed by atoms with Crippen molar-refractivity contribution in [3.05, 3.63) is 23.8 Å². The first-order valence-electron chi connectivity index (χ1n) is 12.1. The molecular weight excluding hydrogens is 401 g/mol. The van der Waals surface area contributed by atoms with Gasteiger partial charge in [0.25, 0.3) is 0 Å². The number of halogens is 3. The Kier molecular flexibility index (Phi) is 5.74. The second-order valence-electron chi connectivity index (χ2n) is 11.9. The Hall–Kier alpha value is -0.810. The zero-order valence-electron chi connectivity index (χ0n) is 19.4. The highest BCUT2D eigenvalue weighted by molar-refractivity contribution is 5.27. The summed E-state index contributed by atoms with van der Waals surface area (Å²) in [5.74, 6) is 2.28. The zero-order chi connectivity index (χ0) is 22.8. The van der Waals surface area contributed by atoms with Gasteiger partial charge in [-0.3, -0.25) is 0 Å². The first-order chi connectivity index (χ1) is 14.3. The molecule has 0 aliphatic heterocycles. The van der Waals surface area contributed by atoms with Gasteiger partial charge in [-0.2, -0.15) is 13.2 Å². The van der Waals surface area contributed by atoms with Crippen molar-refractivity contribution in [3.8, 4) is 0 Å². The Bertz CT molecular complexity index is 754. The van der Waals surface area contributed by atoms with Gasteiger partial charge < -0.3 is 10.2 Å². The van der Waals surface area contributed by atoms with Crippen LogP contribution in [0.5, 0.6) is 0 Å². The van der Waals surface area contributed by atoms with Gasteiger partial charge in [-0.15, -0.1) is 0 Å². The molecule has 0 heterocycles. The highest BCUT2D eigenvalue weighted by Gasteiger charge is 2.59. The van der Waals surface area contributed by atoms with E-state index in [1.807, 2.05) is 13.8 Å². The molecule has 9 atom stereocenters. The smallest absolute Gasteiger partial charge is 0.390 e. The van der Waals surface area contributed by atoms with Gasteiger partial charge in [0.05, 0.1) is 5.60 Å². The maximum Gasteiger partial charge on any atom is 0.417 e. The number of hydrogen-bond acceptors (Lipinski definition) is 2. The van der Waals surface area contributed by atoms with Crippen LogP contribution in [-0.4, -0.2) is 28.1 Å². The van der Waals surface area contributed by atoms with Gasteiger partial charge in [0.15, 0.2) is 6.10 Å². The molecule has 0 bridgehead atoms. The third-order valence-electron chi connectivity index (χ3n) is 10.0. The lowest BCUT2D eigenvalue weighted by Gasteiger charge is -2.59. The van der Waals surface area contributed by atoms with Gasteiger partial charge in [-0.25, -0.2) is 0 Å². The van der Waals surface area contributed by atoms with Crippen molar-refractivity contribution >= 4 is 0 Å². The molecule has 176 valence electrons. The fraction of sp³-hybridized carbons (Fsp3) is 0.846. The molecule has 3 fully saturated rings. The number of allylic oxidation sites excluding steroid dienone is 2. The maximum atomic E-state index is 12.7. The molecule has 0 saturated heterocycles. The van der Waals surface area contributed by atoms with E-state index in [-0.39, 0.29) is 16.7 Å². The average Bonchev–Trinajstić information content (AvgIpc) is 3.02. The summed E-state index contributed by atoms with van der Waals surface area (Å²) in [5.41, 5.74) is 1.21. The third-order valence-corrected chi connectivity index (χ3v) is 10.0. The largest absolute Gasteiger partial charge is 0.417 e. The van der Waals surface area contributed by atoms with Crippen LogP contribution in [0.15, 0.2) is 23.8 Å². The van der Waals surface area contributed by atoms with Crippen LogP contribution in [0.1, 0.15) is 79.1 Å². The normalized spacial score (nSPS) is 47.3. The molecule has 4 aliphatic carbocycles. The van der Waals surface area contributed by atoms with Crippen molar-refractivity contribution in [1.82, 2.24) is 0 Å². The Morgan fingerprint density at radius 1 is 1.03 bits per heavy atom. The topological polar surface area (TPSA) is 40.5 Å². The predicted molar refractivity (Wildman–Crippen MR) is 116 cm³/mol. The number of hydrogen-bond donors (Lipinski definition) is 2. The first kappa shape index (κ1) is 23.4. The summed E-state index contributed by atoms with van der Waals surface area (Å²) in [6, 6.07) is 0. The van der Waals surface area contributed by atoms with Crippen molar-refractivity contribution < 1.29 is 23.4 Å². The van der Waals surface area contributed by atoms with Crippen LogP contribution in [0, 0.1) is 40.4 Å². The van der Waals surface area contributed by atoms with Crippen molar-refractivity contribution in [2.45, 2.75) is 96.9 Å². The van der Waals surface area contributed by atoms with E-state index in [9.17, 15) is 23.4 Å². The molecule has 0 spiro atoms. The van der Waals surface area contributed by atoms with Crippen LogP contribution in [0.3, 0.4) is 0 Å². The summed E-state index contributed by atoms with van der Waals surface area (Å²) in [4.78, 5) is 0. The SMILES string of the molecule is C[C@H](/C=C/[C@H](O)C(F)(F)F)C1CC[C@H]2[C@@H]3CC=C4C[C@@](C)(O)CC[C@]4(C)[C@H]3CC[C@]12C. The highest BCUT2D eigenvalue weighted by Crippen LogP contribution is 2.67. The summed E-state index contributed by atoms with van der Waals surface area (Å²) < 4.78 is 38.1. The average molecular weight is 441 g/mol. The third kappa shape index (κ3) is 3.92. The van der Waals surface area contributed by atoms with Gasteiger partial charge in [-0.1, -0.05) is 44.6 Å². The van der Waals surface area contributed by atoms with Crippen LogP contribution < -0.4 is 0 Å². The standard InChI is InChI=1S/C26H39F3O2/c1-16(5-10-22(30)26(27,28)29)19-8-9-20-18-7-6-17-15-23(2,31)13-14-24(17,3)21(18)11-12-25(19,20)4/h5-6,10,16,18-22,30-31H,7-9,11-15H2,1-4H3/b10-5+/t16-,18+,19?,20+,21+,22+,23+,24+,25-/m1/s1. The minimum Gasteiger partial charge on any atom is -0.390 e. The molecule has 0 aromatic heterocycles. The number of fused-ring (bicyclic) bond motifs is 5. The predicted octanol–water partition coefficient (Wildman–Crippen LogP) is 6.43. The zero-order valence-corrected chi connectivity index (χ0v) is 19.4. The second-order valence-corrected chi connectivity index (χ2v) is 11.9. The summed E-state index contributed by atoms with van der Waals surface area (Å²) in [7, 11) is 0. The molecule has 2 N–H and O–H groups in total. The van der Waals surface area contributed by atoms with Gasteiger partial charge >= 0.3 is 6.18 Å². The summed E-state index contributed by atoms with van der Waals surface area (Å²) >= 11 is 0. The van der Waals surface area contributed by atoms with Crippen LogP contribution >= 0.6 is 0 Å². The van der Waals surface area contributed by atoms with Crippen molar-refractivity contribution in [2.75, 3.05) is 0 Å². The van der Waals surface area contributed by atoms with Crippen LogP contribution in [0.4, 0.5) is 13.2 Å². The fourth-order valence-corrected chi connectivity index (χ4v) is 8.23. The van der Waals surface area contributed by atoms with E-state index in [1.165, 1.54) is 12.0 Å².